The van der Waals surface area contributed by atoms with Gasteiger partial charge in [0.1, 0.15) is 0 Å². The van der Waals surface area contributed by atoms with Crippen LogP contribution in [0, 0.1) is 5.92 Å². The summed E-state index contributed by atoms with van der Waals surface area (Å²) in [5, 5.41) is 7.70. The Morgan fingerprint density at radius 2 is 2.06 bits per heavy atom. The van der Waals surface area contributed by atoms with Crippen LogP contribution in [0.3, 0.4) is 0 Å². The molecule has 0 aromatic carbocycles. The number of rotatable bonds is 6. The summed E-state index contributed by atoms with van der Waals surface area (Å²) >= 11 is 0. The number of aromatic nitrogens is 2. The van der Waals surface area contributed by atoms with Crippen LogP contribution in [-0.2, 0) is 6.42 Å². The van der Waals surface area contributed by atoms with Gasteiger partial charge in [-0.3, -0.25) is 0 Å². The summed E-state index contributed by atoms with van der Waals surface area (Å²) in [6.07, 6.45) is 8.82. The molecule has 18 heavy (non-hydrogen) atoms. The van der Waals surface area contributed by atoms with E-state index in [1.54, 1.807) is 0 Å². The van der Waals surface area contributed by atoms with E-state index in [1.165, 1.54) is 38.5 Å². The maximum Gasteiger partial charge on any atom is 0.228 e. The van der Waals surface area contributed by atoms with Crippen LogP contribution < -0.4 is 5.32 Å². The number of nitrogens with zero attached hydrogens (tertiary/aromatic N) is 2. The molecular weight excluding hydrogens is 226 g/mol. The summed E-state index contributed by atoms with van der Waals surface area (Å²) in [5.74, 6) is 3.15. The Morgan fingerprint density at radius 1 is 1.28 bits per heavy atom. The van der Waals surface area contributed by atoms with E-state index in [0.717, 1.165) is 30.6 Å². The molecule has 100 valence electrons. The normalized spacial score (nSPS) is 22.5. The van der Waals surface area contributed by atoms with Gasteiger partial charge in [-0.2, -0.15) is 4.98 Å². The highest BCUT2D eigenvalue weighted by molar-refractivity contribution is 5.04. The van der Waals surface area contributed by atoms with E-state index < -0.39 is 0 Å². The number of hydrogen-bond acceptors (Lipinski definition) is 4. The molecule has 2 fully saturated rings. The van der Waals surface area contributed by atoms with Gasteiger partial charge in [0.05, 0.1) is 0 Å². The summed E-state index contributed by atoms with van der Waals surface area (Å²) in [7, 11) is 0. The topological polar surface area (TPSA) is 51.0 Å². The zero-order valence-electron chi connectivity index (χ0n) is 11.2. The van der Waals surface area contributed by atoms with Gasteiger partial charge in [-0.15, -0.1) is 0 Å². The second-order valence-corrected chi connectivity index (χ2v) is 5.73. The quantitative estimate of drug-likeness (QED) is 0.842. The summed E-state index contributed by atoms with van der Waals surface area (Å²) in [6, 6.07) is 0.519. The Hall–Kier alpha value is -0.900. The first-order valence-electron chi connectivity index (χ1n) is 7.42. The number of hydrogen-bond donors (Lipinski definition) is 1. The Bertz CT molecular complexity index is 380. The molecule has 3 rings (SSSR count). The van der Waals surface area contributed by atoms with Gasteiger partial charge >= 0.3 is 0 Å². The molecule has 2 aliphatic carbocycles. The predicted octanol–water partition coefficient (Wildman–Crippen LogP) is 2.66. The second-order valence-electron chi connectivity index (χ2n) is 5.73. The van der Waals surface area contributed by atoms with Crippen LogP contribution in [0.2, 0.25) is 0 Å². The van der Waals surface area contributed by atoms with E-state index in [9.17, 15) is 0 Å². The fraction of sp³-hybridized carbons (Fsp3) is 0.857. The molecule has 1 heterocycles. The summed E-state index contributed by atoms with van der Waals surface area (Å²) in [4.78, 5) is 4.55. The van der Waals surface area contributed by atoms with E-state index in [2.05, 4.69) is 22.4 Å². The Labute approximate surface area is 109 Å². The molecule has 1 atom stereocenters. The first-order chi connectivity index (χ1) is 8.86. The van der Waals surface area contributed by atoms with E-state index in [4.69, 9.17) is 4.52 Å². The Balaban J connectivity index is 1.62. The third-order valence-electron chi connectivity index (χ3n) is 4.26. The molecular formula is C14H23N3O. The SMILES string of the molecule is CCNC(Cc1nc(C2CC2)no1)C1CCCC1. The smallest absolute Gasteiger partial charge is 0.228 e. The van der Waals surface area contributed by atoms with Crippen LogP contribution in [-0.4, -0.2) is 22.7 Å². The van der Waals surface area contributed by atoms with Crippen molar-refractivity contribution in [2.24, 2.45) is 5.92 Å². The van der Waals surface area contributed by atoms with Crippen molar-refractivity contribution in [2.75, 3.05) is 6.54 Å². The highest BCUT2D eigenvalue weighted by Gasteiger charge is 2.30. The van der Waals surface area contributed by atoms with Crippen LogP contribution in [0.5, 0.6) is 0 Å². The molecule has 4 nitrogen and oxygen atoms in total. The maximum atomic E-state index is 5.40. The van der Waals surface area contributed by atoms with Gasteiger partial charge < -0.3 is 9.84 Å². The van der Waals surface area contributed by atoms with E-state index in [-0.39, 0.29) is 0 Å². The Morgan fingerprint density at radius 3 is 2.72 bits per heavy atom. The molecule has 0 bridgehead atoms. The number of nitrogens with one attached hydrogen (secondary N) is 1. The van der Waals surface area contributed by atoms with Gasteiger partial charge in [0.25, 0.3) is 0 Å². The van der Waals surface area contributed by atoms with Crippen molar-refractivity contribution in [1.29, 1.82) is 0 Å². The molecule has 0 saturated heterocycles. The van der Waals surface area contributed by atoms with E-state index >= 15 is 0 Å². The fourth-order valence-electron chi connectivity index (χ4n) is 3.07. The van der Waals surface area contributed by atoms with Gasteiger partial charge in [0, 0.05) is 18.4 Å². The Kier molecular flexibility index (Phi) is 3.64. The lowest BCUT2D eigenvalue weighted by Gasteiger charge is -2.22. The third kappa shape index (κ3) is 2.74. The lowest BCUT2D eigenvalue weighted by atomic mass is 9.95. The fourth-order valence-corrected chi connectivity index (χ4v) is 3.07. The molecule has 2 saturated carbocycles. The molecule has 1 N–H and O–H groups in total. The molecule has 0 radical (unpaired) electrons. The second kappa shape index (κ2) is 5.39. The predicted molar refractivity (Wildman–Crippen MR) is 69.4 cm³/mol. The highest BCUT2D eigenvalue weighted by Crippen LogP contribution is 2.38. The molecule has 0 amide bonds. The first kappa shape index (κ1) is 12.2. The number of likely N-dealkylation sites (N-methyl/N-ethyl adjacent to an activating group) is 1. The summed E-state index contributed by atoms with van der Waals surface area (Å²) in [6.45, 7) is 3.19. The molecule has 1 aromatic rings. The lowest BCUT2D eigenvalue weighted by molar-refractivity contribution is 0.309. The van der Waals surface area contributed by atoms with Crippen LogP contribution in [0.25, 0.3) is 0 Å². The zero-order chi connectivity index (χ0) is 12.4. The van der Waals surface area contributed by atoms with E-state index in [0.29, 0.717) is 12.0 Å². The van der Waals surface area contributed by atoms with Crippen molar-refractivity contribution < 1.29 is 4.52 Å². The minimum Gasteiger partial charge on any atom is -0.339 e. The van der Waals surface area contributed by atoms with E-state index in [1.807, 2.05) is 0 Å². The van der Waals surface area contributed by atoms with Gasteiger partial charge in [-0.05, 0) is 38.1 Å². The minimum absolute atomic E-state index is 0.519. The first-order valence-corrected chi connectivity index (χ1v) is 7.42. The maximum absolute atomic E-state index is 5.40. The summed E-state index contributed by atoms with van der Waals surface area (Å²) < 4.78 is 5.40. The van der Waals surface area contributed by atoms with Crippen molar-refractivity contribution in [3.05, 3.63) is 11.7 Å². The van der Waals surface area contributed by atoms with Crippen molar-refractivity contribution >= 4 is 0 Å². The van der Waals surface area contributed by atoms with Crippen LogP contribution in [0.15, 0.2) is 4.52 Å². The lowest BCUT2D eigenvalue weighted by Crippen LogP contribution is -2.37. The minimum atomic E-state index is 0.519. The average molecular weight is 249 g/mol. The summed E-state index contributed by atoms with van der Waals surface area (Å²) in [5.41, 5.74) is 0. The molecule has 1 aromatic heterocycles. The van der Waals surface area contributed by atoms with Crippen molar-refractivity contribution in [1.82, 2.24) is 15.5 Å². The zero-order valence-corrected chi connectivity index (χ0v) is 11.2. The molecule has 2 aliphatic rings. The highest BCUT2D eigenvalue weighted by atomic mass is 16.5. The van der Waals surface area contributed by atoms with Crippen LogP contribution in [0.1, 0.15) is 63.1 Å². The van der Waals surface area contributed by atoms with Crippen LogP contribution in [0.4, 0.5) is 0 Å². The van der Waals surface area contributed by atoms with Gasteiger partial charge in [-0.1, -0.05) is 24.9 Å². The molecule has 0 spiro atoms. The largest absolute Gasteiger partial charge is 0.339 e. The van der Waals surface area contributed by atoms with Crippen LogP contribution >= 0.6 is 0 Å². The average Bonchev–Trinajstić information content (AvgIpc) is 2.92. The van der Waals surface area contributed by atoms with Crippen molar-refractivity contribution in [3.63, 3.8) is 0 Å². The third-order valence-corrected chi connectivity index (χ3v) is 4.26. The van der Waals surface area contributed by atoms with Crippen molar-refractivity contribution in [3.8, 4) is 0 Å². The molecule has 0 aliphatic heterocycles. The standard InChI is InChI=1S/C14H23N3O/c1-2-15-12(10-5-3-4-6-10)9-13-16-14(17-18-13)11-7-8-11/h10-12,15H,2-9H2,1H3. The van der Waals surface area contributed by atoms with Gasteiger partial charge in [0.15, 0.2) is 5.82 Å². The molecule has 4 heteroatoms. The monoisotopic (exact) mass is 249 g/mol. The van der Waals surface area contributed by atoms with Gasteiger partial charge in [-0.25, -0.2) is 0 Å². The molecule has 1 unspecified atom stereocenters. The van der Waals surface area contributed by atoms with Crippen molar-refractivity contribution in [2.45, 2.75) is 63.8 Å². The van der Waals surface area contributed by atoms with Gasteiger partial charge in [0.2, 0.25) is 5.89 Å².